The highest BCUT2D eigenvalue weighted by molar-refractivity contribution is 6.05. The van der Waals surface area contributed by atoms with Gasteiger partial charge in [-0.15, -0.1) is 0 Å². The van der Waals surface area contributed by atoms with E-state index in [4.69, 9.17) is 21.5 Å². The molecule has 5 heteroatoms. The Morgan fingerprint density at radius 2 is 1.40 bits per heavy atom. The van der Waals surface area contributed by atoms with Gasteiger partial charge in [0.25, 0.3) is 0 Å². The number of fused-ring (bicyclic) bond motifs is 7. The molecule has 3 heterocycles. The van der Waals surface area contributed by atoms with E-state index in [9.17, 15) is 0 Å². The van der Waals surface area contributed by atoms with Crippen molar-refractivity contribution in [1.82, 2.24) is 24.5 Å². The summed E-state index contributed by atoms with van der Waals surface area (Å²) in [4.78, 5) is 19.1. The minimum absolute atomic E-state index is 0.0799. The molecule has 0 spiro atoms. The maximum absolute atomic E-state index is 5.13. The van der Waals surface area contributed by atoms with E-state index in [0.29, 0.717) is 17.5 Å². The molecule has 0 amide bonds. The standard InChI is InChI=1S/C57H45N5/c1-5-19-42(52-36(2)41-26-15-16-28-44(53(41)58-52)56-60-54(37-20-9-6-10-21-37)59-55(61-56)38-22-11-7-12-23-38)39-30-32-50-46(34-39)47-35-45-43-27-17-18-29-48(43)57(3,4)49(45)31-33-51(47)62(50)40-24-13-8-14-25-40/h5-25,27-32,34-35,58H,2,26,33H2,1,3-4H3/b19-5-,52-42-. The van der Waals surface area contributed by atoms with Gasteiger partial charge in [0.2, 0.25) is 0 Å². The summed E-state index contributed by atoms with van der Waals surface area (Å²) in [7, 11) is 0. The number of hydrogen-bond donors (Lipinski definition) is 1. The molecule has 11 rings (SSSR count). The molecule has 0 radical (unpaired) electrons. The number of nitrogens with zero attached hydrogens (tertiary/aromatic N) is 4. The summed E-state index contributed by atoms with van der Waals surface area (Å²) in [6.45, 7) is 11.6. The zero-order valence-electron chi connectivity index (χ0n) is 35.2. The molecule has 62 heavy (non-hydrogen) atoms. The van der Waals surface area contributed by atoms with Crippen LogP contribution in [0, 0.1) is 0 Å². The third-order valence-corrected chi connectivity index (χ3v) is 12.8. The SMILES string of the molecule is C=c1c2c([nH]/c1=C(/C=C\C)c1ccc3c(c1)c1c(n3-c3ccccc3)CC=C3C(=C1)c1ccccc1C3(C)C)C(c1nc(-c3ccccc3)nc(-c3ccccc3)n1)=CC=CC2. The summed E-state index contributed by atoms with van der Waals surface area (Å²) in [5.74, 6) is 1.87. The number of H-pyrrole nitrogens is 1. The predicted octanol–water partition coefficient (Wildman–Crippen LogP) is 11.5. The minimum Gasteiger partial charge on any atom is -0.354 e. The summed E-state index contributed by atoms with van der Waals surface area (Å²) in [5, 5.41) is 3.17. The van der Waals surface area contributed by atoms with Crippen LogP contribution in [0.1, 0.15) is 65.8 Å². The number of allylic oxidation sites excluding steroid dienone is 8. The first-order chi connectivity index (χ1) is 30.4. The van der Waals surface area contributed by atoms with Gasteiger partial charge in [-0.1, -0.05) is 160 Å². The number of nitrogens with one attached hydrogen (secondary N) is 1. The monoisotopic (exact) mass is 799 g/mol. The highest BCUT2D eigenvalue weighted by atomic mass is 15.0. The molecule has 0 atom stereocenters. The highest BCUT2D eigenvalue weighted by Gasteiger charge is 2.39. The van der Waals surface area contributed by atoms with Crippen molar-refractivity contribution in [3.8, 4) is 28.5 Å². The lowest BCUT2D eigenvalue weighted by atomic mass is 9.82. The fourth-order valence-electron chi connectivity index (χ4n) is 9.83. The fraction of sp³-hybridized carbons (Fsp3) is 0.105. The van der Waals surface area contributed by atoms with Crippen LogP contribution in [0.2, 0.25) is 0 Å². The molecule has 5 aromatic carbocycles. The van der Waals surface area contributed by atoms with Crippen molar-refractivity contribution in [3.63, 3.8) is 0 Å². The van der Waals surface area contributed by atoms with Gasteiger partial charge in [0.05, 0.1) is 16.6 Å². The molecule has 0 bridgehead atoms. The van der Waals surface area contributed by atoms with E-state index in [1.165, 1.54) is 44.4 Å². The van der Waals surface area contributed by atoms with Crippen LogP contribution in [0.3, 0.4) is 0 Å². The first-order valence-electron chi connectivity index (χ1n) is 21.5. The highest BCUT2D eigenvalue weighted by Crippen LogP contribution is 2.52. The van der Waals surface area contributed by atoms with Crippen molar-refractivity contribution in [2.24, 2.45) is 0 Å². The lowest BCUT2D eigenvalue weighted by molar-refractivity contribution is 0.658. The minimum atomic E-state index is -0.0799. The second-order valence-electron chi connectivity index (χ2n) is 16.8. The van der Waals surface area contributed by atoms with E-state index < -0.39 is 0 Å². The molecule has 0 saturated carbocycles. The van der Waals surface area contributed by atoms with Crippen LogP contribution in [0.5, 0.6) is 0 Å². The van der Waals surface area contributed by atoms with E-state index in [2.05, 4.69) is 146 Å². The Kier molecular flexibility index (Phi) is 8.94. The number of aromatic amines is 1. The number of rotatable bonds is 6. The second-order valence-corrected chi connectivity index (χ2v) is 16.8. The van der Waals surface area contributed by atoms with Crippen LogP contribution in [0.15, 0.2) is 175 Å². The van der Waals surface area contributed by atoms with Gasteiger partial charge in [-0.05, 0) is 88.4 Å². The zero-order chi connectivity index (χ0) is 42.0. The zero-order valence-corrected chi connectivity index (χ0v) is 35.2. The van der Waals surface area contributed by atoms with Gasteiger partial charge in [-0.3, -0.25) is 0 Å². The normalized spacial score (nSPS) is 15.5. The fourth-order valence-corrected chi connectivity index (χ4v) is 9.83. The van der Waals surface area contributed by atoms with Gasteiger partial charge in [0, 0.05) is 56.4 Å². The second kappa shape index (κ2) is 14.8. The van der Waals surface area contributed by atoms with E-state index in [1.807, 2.05) is 60.7 Å². The van der Waals surface area contributed by atoms with Gasteiger partial charge in [0.1, 0.15) is 0 Å². The van der Waals surface area contributed by atoms with E-state index in [-0.39, 0.29) is 5.41 Å². The maximum Gasteiger partial charge on any atom is 0.166 e. The molecule has 1 N–H and O–H groups in total. The summed E-state index contributed by atoms with van der Waals surface area (Å²) < 4.78 is 2.47. The van der Waals surface area contributed by atoms with Crippen molar-refractivity contribution in [2.45, 2.75) is 39.0 Å². The Labute approximate surface area is 361 Å². The topological polar surface area (TPSA) is 59.4 Å². The Bertz CT molecular complexity index is 3310. The molecule has 298 valence electrons. The average Bonchev–Trinajstić information content (AvgIpc) is 3.70. The molecule has 0 aliphatic heterocycles. The van der Waals surface area contributed by atoms with Crippen LogP contribution >= 0.6 is 0 Å². The van der Waals surface area contributed by atoms with E-state index >= 15 is 0 Å². The summed E-state index contributed by atoms with van der Waals surface area (Å²) >= 11 is 0. The number of hydrogen-bond acceptors (Lipinski definition) is 3. The van der Waals surface area contributed by atoms with Gasteiger partial charge in [-0.2, -0.15) is 0 Å². The molecule has 0 saturated heterocycles. The van der Waals surface area contributed by atoms with Crippen LogP contribution in [-0.2, 0) is 18.3 Å². The first-order valence-corrected chi connectivity index (χ1v) is 21.5. The average molecular weight is 800 g/mol. The molecule has 3 aliphatic rings. The Morgan fingerprint density at radius 3 is 2.11 bits per heavy atom. The smallest absolute Gasteiger partial charge is 0.166 e. The molecule has 3 aromatic heterocycles. The van der Waals surface area contributed by atoms with E-state index in [0.717, 1.165) is 68.2 Å². The summed E-state index contributed by atoms with van der Waals surface area (Å²) in [6, 6.07) is 46.9. The molecule has 8 aromatic rings. The van der Waals surface area contributed by atoms with Gasteiger partial charge in [-0.25, -0.2) is 15.0 Å². The maximum atomic E-state index is 5.13. The molecule has 3 aliphatic carbocycles. The lowest BCUT2D eigenvalue weighted by Crippen LogP contribution is -2.26. The third-order valence-electron chi connectivity index (χ3n) is 12.8. The van der Waals surface area contributed by atoms with Gasteiger partial charge >= 0.3 is 0 Å². The van der Waals surface area contributed by atoms with Crippen molar-refractivity contribution in [3.05, 3.63) is 231 Å². The number of para-hydroxylation sites is 1. The van der Waals surface area contributed by atoms with Crippen molar-refractivity contribution in [2.75, 3.05) is 0 Å². The first kappa shape index (κ1) is 37.4. The molecular formula is C57H45N5. The largest absolute Gasteiger partial charge is 0.354 e. The van der Waals surface area contributed by atoms with Gasteiger partial charge < -0.3 is 9.55 Å². The Balaban J connectivity index is 1.12. The molecule has 0 fully saturated rings. The van der Waals surface area contributed by atoms with Crippen LogP contribution in [-0.4, -0.2) is 24.5 Å². The van der Waals surface area contributed by atoms with Crippen molar-refractivity contribution in [1.29, 1.82) is 0 Å². The number of benzene rings is 5. The summed E-state index contributed by atoms with van der Waals surface area (Å²) in [6.07, 6.45) is 17.2. The Hall–Kier alpha value is -7.63. The van der Waals surface area contributed by atoms with E-state index in [1.54, 1.807) is 0 Å². The quantitative estimate of drug-likeness (QED) is 0.182. The molecular weight excluding hydrogens is 755 g/mol. The van der Waals surface area contributed by atoms with Crippen LogP contribution < -0.4 is 10.6 Å². The Morgan fingerprint density at radius 1 is 0.742 bits per heavy atom. The van der Waals surface area contributed by atoms with Gasteiger partial charge in [0.15, 0.2) is 17.5 Å². The molecule has 5 nitrogen and oxygen atoms in total. The summed E-state index contributed by atoms with van der Waals surface area (Å²) in [5.41, 5.74) is 17.3. The molecule has 0 unspecified atom stereocenters. The van der Waals surface area contributed by atoms with Crippen molar-refractivity contribution >= 4 is 40.3 Å². The van der Waals surface area contributed by atoms with Crippen molar-refractivity contribution < 1.29 is 0 Å². The third kappa shape index (κ3) is 6.03. The lowest BCUT2D eigenvalue weighted by Gasteiger charge is -2.22. The van der Waals surface area contributed by atoms with Crippen LogP contribution in [0.4, 0.5) is 0 Å². The van der Waals surface area contributed by atoms with Crippen LogP contribution in [0.25, 0.3) is 68.7 Å². The predicted molar refractivity (Wildman–Crippen MR) is 256 cm³/mol. The number of aromatic nitrogens is 5.